The van der Waals surface area contributed by atoms with Crippen LogP contribution >= 0.6 is 0 Å². The van der Waals surface area contributed by atoms with Gasteiger partial charge in [-0.1, -0.05) is 0 Å². The molecule has 0 fully saturated rings. The second kappa shape index (κ2) is 10.8. The highest BCUT2D eigenvalue weighted by Crippen LogP contribution is 2.20. The number of rotatable bonds is 11. The number of ether oxygens (including phenoxy) is 5. The van der Waals surface area contributed by atoms with Crippen molar-refractivity contribution >= 4 is 11.7 Å². The molecule has 0 spiro atoms. The summed E-state index contributed by atoms with van der Waals surface area (Å²) < 4.78 is 25.6. The Kier molecular flexibility index (Phi) is 8.97. The van der Waals surface area contributed by atoms with E-state index in [1.165, 1.54) is 7.11 Å². The van der Waals surface area contributed by atoms with Crippen LogP contribution in [0.15, 0.2) is 18.2 Å². The molecule has 22 heavy (non-hydrogen) atoms. The SMILES string of the molecule is COCCOCCOCCOc1ccc(C(=O)OC)c(N)c1. The summed E-state index contributed by atoms with van der Waals surface area (Å²) in [6.07, 6.45) is 0. The predicted octanol–water partition coefficient (Wildman–Crippen LogP) is 1.11. The molecular weight excluding hydrogens is 290 g/mol. The van der Waals surface area contributed by atoms with Gasteiger partial charge in [-0.25, -0.2) is 4.79 Å². The van der Waals surface area contributed by atoms with Crippen molar-refractivity contribution in [2.75, 3.05) is 59.6 Å². The molecule has 0 saturated heterocycles. The van der Waals surface area contributed by atoms with Crippen LogP contribution in [0.2, 0.25) is 0 Å². The number of hydrogen-bond acceptors (Lipinski definition) is 7. The van der Waals surface area contributed by atoms with Gasteiger partial charge in [0.25, 0.3) is 0 Å². The molecular formula is C15H23NO6. The van der Waals surface area contributed by atoms with Gasteiger partial charge in [0, 0.05) is 18.9 Å². The molecule has 0 saturated carbocycles. The molecule has 0 radical (unpaired) electrons. The molecule has 1 rings (SSSR count). The maximum absolute atomic E-state index is 11.4. The Balaban J connectivity index is 2.17. The number of anilines is 1. The van der Waals surface area contributed by atoms with Crippen LogP contribution in [-0.4, -0.2) is 59.8 Å². The van der Waals surface area contributed by atoms with Gasteiger partial charge in [0.1, 0.15) is 12.4 Å². The number of carbonyl (C=O) groups excluding carboxylic acids is 1. The lowest BCUT2D eigenvalue weighted by Crippen LogP contribution is -2.12. The van der Waals surface area contributed by atoms with Gasteiger partial charge in [-0.05, 0) is 12.1 Å². The van der Waals surface area contributed by atoms with Crippen molar-refractivity contribution in [3.63, 3.8) is 0 Å². The van der Waals surface area contributed by atoms with Crippen molar-refractivity contribution in [1.82, 2.24) is 0 Å². The summed E-state index contributed by atoms with van der Waals surface area (Å²) in [5.74, 6) is 0.103. The number of nitrogen functional groups attached to an aromatic ring is 1. The Morgan fingerprint density at radius 1 is 1.00 bits per heavy atom. The molecule has 0 aliphatic rings. The van der Waals surface area contributed by atoms with Gasteiger partial charge in [0.05, 0.1) is 45.7 Å². The highest BCUT2D eigenvalue weighted by Gasteiger charge is 2.10. The second-order valence-electron chi connectivity index (χ2n) is 4.31. The first kappa shape index (κ1) is 18.2. The van der Waals surface area contributed by atoms with Crippen molar-refractivity contribution in [3.05, 3.63) is 23.8 Å². The van der Waals surface area contributed by atoms with Crippen LogP contribution < -0.4 is 10.5 Å². The van der Waals surface area contributed by atoms with Crippen LogP contribution in [0.1, 0.15) is 10.4 Å². The van der Waals surface area contributed by atoms with Crippen molar-refractivity contribution in [1.29, 1.82) is 0 Å². The smallest absolute Gasteiger partial charge is 0.339 e. The van der Waals surface area contributed by atoms with Crippen LogP contribution in [0.3, 0.4) is 0 Å². The Morgan fingerprint density at radius 3 is 2.23 bits per heavy atom. The lowest BCUT2D eigenvalue weighted by molar-refractivity contribution is 0.0180. The van der Waals surface area contributed by atoms with E-state index in [4.69, 9.17) is 24.7 Å². The minimum Gasteiger partial charge on any atom is -0.491 e. The minimum absolute atomic E-state index is 0.316. The first-order valence-corrected chi connectivity index (χ1v) is 6.94. The van der Waals surface area contributed by atoms with E-state index in [-0.39, 0.29) is 0 Å². The standard InChI is InChI=1S/C15H23NO6/c1-18-5-6-20-7-8-21-9-10-22-12-3-4-13(14(16)11-12)15(17)19-2/h3-4,11H,5-10,16H2,1-2H3. The summed E-state index contributed by atoms with van der Waals surface area (Å²) in [7, 11) is 2.93. The molecule has 124 valence electrons. The topological polar surface area (TPSA) is 89.2 Å². The zero-order valence-electron chi connectivity index (χ0n) is 13.0. The zero-order chi connectivity index (χ0) is 16.2. The van der Waals surface area contributed by atoms with Crippen LogP contribution in [0.4, 0.5) is 5.69 Å². The van der Waals surface area contributed by atoms with E-state index in [0.717, 1.165) is 0 Å². The molecule has 7 nitrogen and oxygen atoms in total. The maximum atomic E-state index is 11.4. The van der Waals surface area contributed by atoms with Crippen LogP contribution in [0, 0.1) is 0 Å². The molecule has 0 aromatic heterocycles. The fourth-order valence-corrected chi connectivity index (χ4v) is 1.61. The Labute approximate surface area is 130 Å². The monoisotopic (exact) mass is 313 g/mol. The molecule has 0 heterocycles. The Bertz CT molecular complexity index is 452. The van der Waals surface area contributed by atoms with Gasteiger partial charge in [0.15, 0.2) is 0 Å². The largest absolute Gasteiger partial charge is 0.491 e. The second-order valence-corrected chi connectivity index (χ2v) is 4.31. The van der Waals surface area contributed by atoms with E-state index < -0.39 is 5.97 Å². The van der Waals surface area contributed by atoms with E-state index in [1.807, 2.05) is 0 Å². The summed E-state index contributed by atoms with van der Waals surface area (Å²) in [5, 5.41) is 0. The molecule has 0 aliphatic heterocycles. The van der Waals surface area contributed by atoms with Gasteiger partial charge in [0.2, 0.25) is 0 Å². The molecule has 0 unspecified atom stereocenters. The Morgan fingerprint density at radius 2 is 1.64 bits per heavy atom. The van der Waals surface area contributed by atoms with Gasteiger partial charge in [-0.2, -0.15) is 0 Å². The van der Waals surface area contributed by atoms with E-state index in [2.05, 4.69) is 4.74 Å². The minimum atomic E-state index is -0.471. The normalized spacial score (nSPS) is 10.5. The highest BCUT2D eigenvalue weighted by molar-refractivity contribution is 5.95. The third-order valence-electron chi connectivity index (χ3n) is 2.73. The first-order chi connectivity index (χ1) is 10.7. The number of nitrogens with two attached hydrogens (primary N) is 1. The fraction of sp³-hybridized carbons (Fsp3) is 0.533. The average molecular weight is 313 g/mol. The quantitative estimate of drug-likeness (QED) is 0.372. The van der Waals surface area contributed by atoms with Crippen LogP contribution in [0.25, 0.3) is 0 Å². The number of hydrogen-bond donors (Lipinski definition) is 1. The Hall–Kier alpha value is -1.83. The average Bonchev–Trinajstić information content (AvgIpc) is 2.52. The third kappa shape index (κ3) is 6.75. The number of carbonyl (C=O) groups is 1. The first-order valence-electron chi connectivity index (χ1n) is 6.94. The summed E-state index contributed by atoms with van der Waals surface area (Å²) in [6.45, 7) is 2.97. The van der Waals surface area contributed by atoms with Crippen molar-refractivity contribution in [2.45, 2.75) is 0 Å². The third-order valence-corrected chi connectivity index (χ3v) is 2.73. The van der Waals surface area contributed by atoms with Gasteiger partial charge in [-0.3, -0.25) is 0 Å². The van der Waals surface area contributed by atoms with E-state index in [9.17, 15) is 4.79 Å². The zero-order valence-corrected chi connectivity index (χ0v) is 13.0. The van der Waals surface area contributed by atoms with Crippen molar-refractivity contribution in [2.24, 2.45) is 0 Å². The van der Waals surface area contributed by atoms with Gasteiger partial charge in [-0.15, -0.1) is 0 Å². The molecule has 7 heteroatoms. The molecule has 0 amide bonds. The summed E-state index contributed by atoms with van der Waals surface area (Å²) >= 11 is 0. The molecule has 1 aromatic carbocycles. The van der Waals surface area contributed by atoms with Crippen molar-refractivity contribution in [3.8, 4) is 5.75 Å². The molecule has 0 bridgehead atoms. The molecule has 0 aliphatic carbocycles. The van der Waals surface area contributed by atoms with E-state index in [0.29, 0.717) is 56.6 Å². The molecule has 0 atom stereocenters. The van der Waals surface area contributed by atoms with Gasteiger partial charge >= 0.3 is 5.97 Å². The lowest BCUT2D eigenvalue weighted by atomic mass is 10.2. The van der Waals surface area contributed by atoms with Crippen LogP contribution in [-0.2, 0) is 18.9 Å². The molecule has 2 N–H and O–H groups in total. The van der Waals surface area contributed by atoms with Gasteiger partial charge < -0.3 is 29.4 Å². The fourth-order valence-electron chi connectivity index (χ4n) is 1.61. The number of esters is 1. The van der Waals surface area contributed by atoms with Crippen LogP contribution in [0.5, 0.6) is 5.75 Å². The predicted molar refractivity (Wildman–Crippen MR) is 81.2 cm³/mol. The summed E-state index contributed by atoms with van der Waals surface area (Å²) in [6, 6.07) is 4.82. The summed E-state index contributed by atoms with van der Waals surface area (Å²) in [4.78, 5) is 11.4. The lowest BCUT2D eigenvalue weighted by Gasteiger charge is -2.09. The number of methoxy groups -OCH3 is 2. The highest BCUT2D eigenvalue weighted by atomic mass is 16.6. The number of benzene rings is 1. The van der Waals surface area contributed by atoms with E-state index >= 15 is 0 Å². The van der Waals surface area contributed by atoms with Crippen molar-refractivity contribution < 1.29 is 28.5 Å². The maximum Gasteiger partial charge on any atom is 0.339 e. The molecule has 1 aromatic rings. The van der Waals surface area contributed by atoms with E-state index in [1.54, 1.807) is 25.3 Å². The summed E-state index contributed by atoms with van der Waals surface area (Å²) in [5.41, 5.74) is 6.40.